The predicted molar refractivity (Wildman–Crippen MR) is 148 cm³/mol. The summed E-state index contributed by atoms with van der Waals surface area (Å²) in [5.41, 5.74) is 1.17. The maximum Gasteiger partial charge on any atom is 0.406 e. The van der Waals surface area contributed by atoms with Crippen LogP contribution in [-0.2, 0) is 28.1 Å². The van der Waals surface area contributed by atoms with Crippen molar-refractivity contribution in [2.75, 3.05) is 31.7 Å². The lowest BCUT2D eigenvalue weighted by atomic mass is 9.92. The molecule has 3 aromatic heterocycles. The molecule has 5 heterocycles. The van der Waals surface area contributed by atoms with Crippen molar-refractivity contribution in [2.45, 2.75) is 63.2 Å². The molecule has 230 valence electrons. The van der Waals surface area contributed by atoms with Crippen LogP contribution in [0.1, 0.15) is 42.4 Å². The molecule has 4 aromatic rings. The highest BCUT2D eigenvalue weighted by Gasteiger charge is 2.32. The molecule has 2 N–H and O–H groups in total. The Morgan fingerprint density at radius 1 is 1.16 bits per heavy atom. The van der Waals surface area contributed by atoms with Gasteiger partial charge in [-0.05, 0) is 50.5 Å². The molecule has 0 unspecified atom stereocenters. The summed E-state index contributed by atoms with van der Waals surface area (Å²) in [6.07, 6.45) is -0.0422. The summed E-state index contributed by atoms with van der Waals surface area (Å²) < 4.78 is 74.4. The fourth-order valence-electron chi connectivity index (χ4n) is 5.64. The third kappa shape index (κ3) is 6.25. The molecule has 0 bridgehead atoms. The number of hydrogen-bond donors (Lipinski definition) is 2. The number of alkyl halides is 4. The number of nitrogens with one attached hydrogen (secondary N) is 2. The van der Waals surface area contributed by atoms with E-state index in [0.29, 0.717) is 42.9 Å². The van der Waals surface area contributed by atoms with Crippen LogP contribution in [0.2, 0.25) is 0 Å². The van der Waals surface area contributed by atoms with Crippen molar-refractivity contribution in [1.82, 2.24) is 24.6 Å². The molecular formula is C29H32F4N6O4. The highest BCUT2D eigenvalue weighted by Crippen LogP contribution is 2.35. The quantitative estimate of drug-likeness (QED) is 0.271. The number of fused-ring (bicyclic) bond motifs is 1. The smallest absolute Gasteiger partial charge is 0.381 e. The molecule has 2 saturated heterocycles. The number of amides is 1. The van der Waals surface area contributed by atoms with Gasteiger partial charge in [0, 0.05) is 48.8 Å². The molecule has 0 radical (unpaired) electrons. The number of carbonyl (C=O) groups excluding carboxylic acids is 1. The zero-order valence-corrected chi connectivity index (χ0v) is 23.5. The zero-order chi connectivity index (χ0) is 30.2. The lowest BCUT2D eigenvalue weighted by molar-refractivity contribution is -0.139. The normalized spacial score (nSPS) is 20.8. The molecule has 1 amide bonds. The molecule has 0 aliphatic carbocycles. The van der Waals surface area contributed by atoms with E-state index in [1.807, 2.05) is 10.8 Å². The summed E-state index contributed by atoms with van der Waals surface area (Å²) in [7, 11) is 0. The summed E-state index contributed by atoms with van der Waals surface area (Å²) in [5.74, 6) is -0.386. The predicted octanol–water partition coefficient (Wildman–Crippen LogP) is 5.05. The van der Waals surface area contributed by atoms with E-state index in [1.54, 1.807) is 30.5 Å². The standard InChI is InChI=1S/C29H32F4N6O4/c1-28(7-11-41-12-8-28)38-9-5-18(15-38)27(40)34-14-25-36-26(37-43-25)24-13-19-21(35-22-6-10-42-16-20(22)30)3-2-4-23(19)39(24)17-29(31,32)33/h2-5,9,13,15,20,22,35H,6-8,10-12,14,16-17H2,1H3,(H,34,40)/t20-,22+/m0/s1. The van der Waals surface area contributed by atoms with E-state index in [1.165, 1.54) is 6.07 Å². The van der Waals surface area contributed by atoms with Crippen LogP contribution in [0.3, 0.4) is 0 Å². The largest absolute Gasteiger partial charge is 0.406 e. The molecule has 14 heteroatoms. The Bertz CT molecular complexity index is 1590. The van der Waals surface area contributed by atoms with Gasteiger partial charge in [0.15, 0.2) is 0 Å². The molecule has 2 atom stereocenters. The lowest BCUT2D eigenvalue weighted by Gasteiger charge is -2.35. The minimum Gasteiger partial charge on any atom is -0.381 e. The van der Waals surface area contributed by atoms with E-state index in [4.69, 9.17) is 14.0 Å². The minimum atomic E-state index is -4.53. The molecule has 2 aliphatic heterocycles. The number of hydrogen-bond acceptors (Lipinski definition) is 7. The lowest BCUT2D eigenvalue weighted by Crippen LogP contribution is -2.39. The molecule has 0 spiro atoms. The third-order valence-corrected chi connectivity index (χ3v) is 8.16. The Balaban J connectivity index is 1.21. The van der Waals surface area contributed by atoms with Crippen LogP contribution in [0.15, 0.2) is 47.2 Å². The maximum absolute atomic E-state index is 14.4. The van der Waals surface area contributed by atoms with Crippen molar-refractivity contribution >= 4 is 22.5 Å². The van der Waals surface area contributed by atoms with Crippen molar-refractivity contribution in [3.63, 3.8) is 0 Å². The average molecular weight is 605 g/mol. The number of anilines is 1. The van der Waals surface area contributed by atoms with Crippen LogP contribution in [0.4, 0.5) is 23.2 Å². The van der Waals surface area contributed by atoms with Crippen LogP contribution in [-0.4, -0.2) is 70.0 Å². The highest BCUT2D eigenvalue weighted by molar-refractivity contribution is 5.96. The highest BCUT2D eigenvalue weighted by atomic mass is 19.4. The van der Waals surface area contributed by atoms with E-state index >= 15 is 0 Å². The van der Waals surface area contributed by atoms with Crippen molar-refractivity contribution in [2.24, 2.45) is 0 Å². The van der Waals surface area contributed by atoms with Gasteiger partial charge in [-0.25, -0.2) is 4.39 Å². The summed E-state index contributed by atoms with van der Waals surface area (Å²) >= 11 is 0. The first kappa shape index (κ1) is 29.2. The van der Waals surface area contributed by atoms with Gasteiger partial charge in [-0.15, -0.1) is 0 Å². The van der Waals surface area contributed by atoms with Crippen molar-refractivity contribution in [3.05, 3.63) is 54.2 Å². The number of aromatic nitrogens is 4. The van der Waals surface area contributed by atoms with Crippen LogP contribution in [0.25, 0.3) is 22.4 Å². The first-order valence-corrected chi connectivity index (χ1v) is 14.1. The van der Waals surface area contributed by atoms with Crippen LogP contribution >= 0.6 is 0 Å². The maximum atomic E-state index is 14.4. The first-order chi connectivity index (χ1) is 20.6. The monoisotopic (exact) mass is 604 g/mol. The molecule has 43 heavy (non-hydrogen) atoms. The number of ether oxygens (including phenoxy) is 2. The SMILES string of the molecule is CC1(n2ccc(C(=O)NCc3nc(-c4cc5c(N[C@@H]6CCOC[C@@H]6F)cccc5n4CC(F)(F)F)no3)c2)CCOCC1. The number of carbonyl (C=O) groups is 1. The number of benzene rings is 1. The van der Waals surface area contributed by atoms with Gasteiger partial charge in [0.25, 0.3) is 5.91 Å². The fraction of sp³-hybridized carbons (Fsp3) is 0.483. The van der Waals surface area contributed by atoms with Gasteiger partial charge in [-0.3, -0.25) is 4.79 Å². The zero-order valence-electron chi connectivity index (χ0n) is 23.5. The van der Waals surface area contributed by atoms with Crippen LogP contribution in [0, 0.1) is 0 Å². The van der Waals surface area contributed by atoms with Crippen LogP contribution in [0.5, 0.6) is 0 Å². The Labute approximate surface area is 244 Å². The molecule has 2 aliphatic rings. The molecule has 10 nitrogen and oxygen atoms in total. The Morgan fingerprint density at radius 2 is 1.98 bits per heavy atom. The second kappa shape index (κ2) is 11.6. The second-order valence-electron chi connectivity index (χ2n) is 11.2. The number of halogens is 4. The van der Waals surface area contributed by atoms with E-state index in [0.717, 1.165) is 17.4 Å². The molecule has 1 aromatic carbocycles. The van der Waals surface area contributed by atoms with Crippen LogP contribution < -0.4 is 10.6 Å². The summed E-state index contributed by atoms with van der Waals surface area (Å²) in [5, 5.41) is 10.2. The van der Waals surface area contributed by atoms with Gasteiger partial charge >= 0.3 is 6.18 Å². The Kier molecular flexibility index (Phi) is 7.90. The first-order valence-electron chi connectivity index (χ1n) is 14.1. The molecule has 2 fully saturated rings. The number of rotatable bonds is 8. The number of nitrogens with zero attached hydrogens (tertiary/aromatic N) is 4. The van der Waals surface area contributed by atoms with Gasteiger partial charge in [-0.2, -0.15) is 18.2 Å². The Hall–Kier alpha value is -3.91. The van der Waals surface area contributed by atoms with Crippen molar-refractivity contribution in [3.8, 4) is 11.5 Å². The van der Waals surface area contributed by atoms with E-state index in [2.05, 4.69) is 27.7 Å². The van der Waals surface area contributed by atoms with Crippen molar-refractivity contribution < 1.29 is 36.4 Å². The van der Waals surface area contributed by atoms with E-state index < -0.39 is 24.9 Å². The van der Waals surface area contributed by atoms with Gasteiger partial charge in [0.05, 0.1) is 36.0 Å². The Morgan fingerprint density at radius 3 is 2.74 bits per heavy atom. The van der Waals surface area contributed by atoms with Crippen molar-refractivity contribution in [1.29, 1.82) is 0 Å². The third-order valence-electron chi connectivity index (χ3n) is 8.16. The average Bonchev–Trinajstić information content (AvgIpc) is 3.73. The summed E-state index contributed by atoms with van der Waals surface area (Å²) in [4.78, 5) is 17.1. The minimum absolute atomic E-state index is 0.0313. The second-order valence-corrected chi connectivity index (χ2v) is 11.2. The van der Waals surface area contributed by atoms with Gasteiger partial charge in [0.2, 0.25) is 11.7 Å². The summed E-state index contributed by atoms with van der Waals surface area (Å²) in [6.45, 7) is 2.37. The summed E-state index contributed by atoms with van der Waals surface area (Å²) in [6, 6.07) is 7.58. The topological polar surface area (TPSA) is 108 Å². The van der Waals surface area contributed by atoms with Gasteiger partial charge < -0.3 is 33.8 Å². The fourth-order valence-corrected chi connectivity index (χ4v) is 5.64. The molecular weight excluding hydrogens is 572 g/mol. The van der Waals surface area contributed by atoms with E-state index in [9.17, 15) is 22.4 Å². The van der Waals surface area contributed by atoms with Gasteiger partial charge in [0.1, 0.15) is 12.7 Å². The van der Waals surface area contributed by atoms with Gasteiger partial charge in [-0.1, -0.05) is 11.2 Å². The van der Waals surface area contributed by atoms with E-state index in [-0.39, 0.29) is 47.5 Å². The molecule has 0 saturated carbocycles. The molecule has 6 rings (SSSR count).